The van der Waals surface area contributed by atoms with E-state index in [1.165, 1.54) is 28.2 Å². The number of hydrogen-bond donors (Lipinski definition) is 0. The van der Waals surface area contributed by atoms with E-state index in [-0.39, 0.29) is 13.1 Å². The molecule has 0 bridgehead atoms. The Hall–Kier alpha value is -3.37. The van der Waals surface area contributed by atoms with Crippen LogP contribution in [0.2, 0.25) is 0 Å². The minimum atomic E-state index is -4.88. The van der Waals surface area contributed by atoms with Gasteiger partial charge in [-0.2, -0.15) is 17.9 Å². The van der Waals surface area contributed by atoms with Gasteiger partial charge < -0.3 is 4.90 Å². The molecule has 0 atom stereocenters. The summed E-state index contributed by atoms with van der Waals surface area (Å²) in [7, 11) is 0. The highest BCUT2D eigenvalue weighted by atomic mass is 19.4. The highest BCUT2D eigenvalue weighted by Gasteiger charge is 2.37. The van der Waals surface area contributed by atoms with Gasteiger partial charge in [-0.25, -0.2) is 9.37 Å². The summed E-state index contributed by atoms with van der Waals surface area (Å²) in [6.45, 7) is 0.180. The molecule has 144 valence electrons. The van der Waals surface area contributed by atoms with Gasteiger partial charge in [-0.15, -0.1) is 5.10 Å². The zero-order valence-electron chi connectivity index (χ0n) is 14.2. The number of alkyl halides is 3. The maximum absolute atomic E-state index is 14.3. The number of amides is 1. The van der Waals surface area contributed by atoms with Crippen LogP contribution in [0, 0.1) is 5.82 Å². The smallest absolute Gasteiger partial charge is 0.332 e. The van der Waals surface area contributed by atoms with Crippen molar-refractivity contribution in [1.29, 1.82) is 0 Å². The van der Waals surface area contributed by atoms with Crippen LogP contribution in [-0.2, 0) is 19.1 Å². The molecule has 4 rings (SSSR count). The minimum absolute atomic E-state index is 0.00408. The van der Waals surface area contributed by atoms with Gasteiger partial charge in [0.05, 0.1) is 29.6 Å². The van der Waals surface area contributed by atoms with E-state index in [1.54, 1.807) is 0 Å². The largest absolute Gasteiger partial charge is 0.419 e. The third kappa shape index (κ3) is 3.08. The average Bonchev–Trinajstić information content (AvgIpc) is 3.10. The molecule has 0 N–H and O–H groups in total. The molecule has 7 nitrogen and oxygen atoms in total. The summed E-state index contributed by atoms with van der Waals surface area (Å²) < 4.78 is 54.5. The summed E-state index contributed by atoms with van der Waals surface area (Å²) in [5, 5.41) is 8.02. The van der Waals surface area contributed by atoms with Crippen LogP contribution in [-0.4, -0.2) is 42.3 Å². The van der Waals surface area contributed by atoms with Gasteiger partial charge in [0, 0.05) is 25.4 Å². The Balaban J connectivity index is 1.61. The van der Waals surface area contributed by atoms with Crippen LogP contribution in [0.4, 0.5) is 17.6 Å². The van der Waals surface area contributed by atoms with Gasteiger partial charge in [-0.3, -0.25) is 9.78 Å². The van der Waals surface area contributed by atoms with Crippen LogP contribution in [0.1, 0.15) is 27.3 Å². The summed E-state index contributed by atoms with van der Waals surface area (Å²) in [6.07, 6.45) is -0.0278. The predicted molar refractivity (Wildman–Crippen MR) is 86.8 cm³/mol. The van der Waals surface area contributed by atoms with Crippen molar-refractivity contribution in [3.05, 3.63) is 65.1 Å². The van der Waals surface area contributed by atoms with E-state index in [4.69, 9.17) is 0 Å². The number of nitrogens with zero attached hydrogens (tertiary/aromatic N) is 6. The van der Waals surface area contributed by atoms with E-state index in [9.17, 15) is 22.4 Å². The number of fused-ring (bicyclic) bond motifs is 1. The van der Waals surface area contributed by atoms with Gasteiger partial charge in [0.15, 0.2) is 5.82 Å². The molecule has 0 radical (unpaired) electrons. The molecule has 0 aliphatic carbocycles. The number of hydrogen-bond acceptors (Lipinski definition) is 5. The fourth-order valence-electron chi connectivity index (χ4n) is 3.05. The zero-order chi connectivity index (χ0) is 19.9. The van der Waals surface area contributed by atoms with Gasteiger partial charge in [0.1, 0.15) is 11.5 Å². The van der Waals surface area contributed by atoms with Crippen LogP contribution in [0.3, 0.4) is 0 Å². The number of carbonyl (C=O) groups excluding carboxylic acids is 1. The summed E-state index contributed by atoms with van der Waals surface area (Å²) in [5.74, 6) is -1.95. The first-order valence-electron chi connectivity index (χ1n) is 8.21. The third-order valence-corrected chi connectivity index (χ3v) is 4.39. The Labute approximate surface area is 155 Å². The first-order chi connectivity index (χ1) is 13.4. The molecule has 0 saturated carbocycles. The molecule has 3 heterocycles. The number of rotatable bonds is 2. The normalized spacial score (nSPS) is 14.1. The lowest BCUT2D eigenvalue weighted by molar-refractivity contribution is -0.140. The quantitative estimate of drug-likeness (QED) is 0.626. The Morgan fingerprint density at radius 2 is 2.00 bits per heavy atom. The van der Waals surface area contributed by atoms with E-state index >= 15 is 0 Å². The maximum atomic E-state index is 14.3. The fourth-order valence-corrected chi connectivity index (χ4v) is 3.05. The predicted octanol–water partition coefficient (Wildman–Crippen LogP) is 2.41. The molecule has 0 fully saturated rings. The molecular formula is C17H12F4N6O. The molecule has 2 aromatic heterocycles. The summed E-state index contributed by atoms with van der Waals surface area (Å²) in [5.41, 5.74) is -0.907. The molecule has 0 spiro atoms. The third-order valence-electron chi connectivity index (χ3n) is 4.39. The van der Waals surface area contributed by atoms with Gasteiger partial charge in [0.2, 0.25) is 0 Å². The molecule has 28 heavy (non-hydrogen) atoms. The van der Waals surface area contributed by atoms with Crippen LogP contribution >= 0.6 is 0 Å². The molecule has 3 aromatic rings. The molecule has 1 aliphatic heterocycles. The highest BCUT2D eigenvalue weighted by Crippen LogP contribution is 2.33. The zero-order valence-corrected chi connectivity index (χ0v) is 14.2. The Morgan fingerprint density at radius 3 is 2.71 bits per heavy atom. The minimum Gasteiger partial charge on any atom is -0.332 e. The molecule has 0 unspecified atom stereocenters. The standard InChI is InChI=1S/C17H12F4N6O/c18-15-10(2-1-3-11(15)17(19,20)21)16(28)26-7-4-13-12(9-26)24-25-27(13)14-8-22-5-6-23-14/h1-3,5-6,8H,4,7,9H2. The molecule has 1 aromatic carbocycles. The second-order valence-electron chi connectivity index (χ2n) is 6.10. The SMILES string of the molecule is O=C(c1cccc(C(F)(F)F)c1F)N1CCc2c(nnn2-c2cnccn2)C1. The summed E-state index contributed by atoms with van der Waals surface area (Å²) in [4.78, 5) is 22.0. The second kappa shape index (κ2) is 6.66. The Bertz CT molecular complexity index is 1030. The summed E-state index contributed by atoms with van der Waals surface area (Å²) in [6, 6.07) is 2.66. The molecule has 11 heteroatoms. The van der Waals surface area contributed by atoms with Crippen molar-refractivity contribution in [3.8, 4) is 5.82 Å². The van der Waals surface area contributed by atoms with Crippen LogP contribution in [0.5, 0.6) is 0 Å². The lowest BCUT2D eigenvalue weighted by atomic mass is 10.1. The maximum Gasteiger partial charge on any atom is 0.419 e. The lowest BCUT2D eigenvalue weighted by Crippen LogP contribution is -2.37. The van der Waals surface area contributed by atoms with Crippen molar-refractivity contribution in [3.63, 3.8) is 0 Å². The van der Waals surface area contributed by atoms with E-state index in [1.807, 2.05) is 0 Å². The number of aromatic nitrogens is 5. The number of carbonyl (C=O) groups is 1. The second-order valence-corrected chi connectivity index (χ2v) is 6.10. The number of halogens is 4. The van der Waals surface area contributed by atoms with E-state index in [2.05, 4.69) is 20.3 Å². The van der Waals surface area contributed by atoms with E-state index in [0.29, 0.717) is 29.7 Å². The van der Waals surface area contributed by atoms with Gasteiger partial charge in [-0.05, 0) is 12.1 Å². The first-order valence-corrected chi connectivity index (χ1v) is 8.21. The van der Waals surface area contributed by atoms with Crippen molar-refractivity contribution in [2.24, 2.45) is 0 Å². The Kier molecular flexibility index (Phi) is 4.28. The van der Waals surface area contributed by atoms with Crippen molar-refractivity contribution in [1.82, 2.24) is 29.9 Å². The molecular weight excluding hydrogens is 380 g/mol. The van der Waals surface area contributed by atoms with Gasteiger partial charge >= 0.3 is 6.18 Å². The molecule has 1 aliphatic rings. The molecule has 0 saturated heterocycles. The van der Waals surface area contributed by atoms with Crippen LogP contribution < -0.4 is 0 Å². The van der Waals surface area contributed by atoms with E-state index < -0.39 is 29.0 Å². The Morgan fingerprint density at radius 1 is 1.18 bits per heavy atom. The monoisotopic (exact) mass is 392 g/mol. The van der Waals surface area contributed by atoms with Gasteiger partial charge in [-0.1, -0.05) is 11.3 Å². The average molecular weight is 392 g/mol. The number of benzene rings is 1. The topological polar surface area (TPSA) is 76.8 Å². The lowest BCUT2D eigenvalue weighted by Gasteiger charge is -2.26. The first kappa shape index (κ1) is 18.0. The van der Waals surface area contributed by atoms with Crippen molar-refractivity contribution < 1.29 is 22.4 Å². The van der Waals surface area contributed by atoms with Crippen molar-refractivity contribution >= 4 is 5.91 Å². The van der Waals surface area contributed by atoms with Crippen molar-refractivity contribution in [2.45, 2.75) is 19.1 Å². The van der Waals surface area contributed by atoms with Crippen LogP contribution in [0.25, 0.3) is 5.82 Å². The fraction of sp³-hybridized carbons (Fsp3) is 0.235. The van der Waals surface area contributed by atoms with Crippen molar-refractivity contribution in [2.75, 3.05) is 6.54 Å². The molecule has 1 amide bonds. The van der Waals surface area contributed by atoms with Crippen LogP contribution in [0.15, 0.2) is 36.8 Å². The highest BCUT2D eigenvalue weighted by molar-refractivity contribution is 5.94. The summed E-state index contributed by atoms with van der Waals surface area (Å²) >= 11 is 0. The van der Waals surface area contributed by atoms with Gasteiger partial charge in [0.25, 0.3) is 5.91 Å². The van der Waals surface area contributed by atoms with E-state index in [0.717, 1.165) is 12.1 Å².